The first-order valence-corrected chi connectivity index (χ1v) is 7.07. The molecule has 116 valence electrons. The molecule has 0 bridgehead atoms. The van der Waals surface area contributed by atoms with E-state index in [1.165, 1.54) is 24.3 Å². The molecule has 0 spiro atoms. The van der Waals surface area contributed by atoms with Crippen LogP contribution in [0.2, 0.25) is 0 Å². The van der Waals surface area contributed by atoms with Gasteiger partial charge in [-0.3, -0.25) is 4.79 Å². The fourth-order valence-electron chi connectivity index (χ4n) is 1.88. The number of hydrogen-bond acceptors (Lipinski definition) is 5. The Balaban J connectivity index is 1.92. The number of carbonyl (C=O) groups excluding carboxylic acids is 2. The van der Waals surface area contributed by atoms with E-state index in [0.29, 0.717) is 29.0 Å². The predicted molar refractivity (Wildman–Crippen MR) is 83.4 cm³/mol. The van der Waals surface area contributed by atoms with Gasteiger partial charge >= 0.3 is 5.97 Å². The maximum atomic E-state index is 12.0. The second-order valence-corrected chi connectivity index (χ2v) is 4.65. The minimum atomic E-state index is -0.603. The lowest BCUT2D eigenvalue weighted by Gasteiger charge is -2.06. The van der Waals surface area contributed by atoms with Gasteiger partial charge in [-0.15, -0.1) is 0 Å². The topological polar surface area (TPSA) is 76.4 Å². The number of esters is 1. The molecule has 0 amide bonds. The monoisotopic (exact) mass is 309 g/mol. The number of rotatable bonds is 6. The number of nitriles is 1. The quantitative estimate of drug-likeness (QED) is 0.605. The average molecular weight is 309 g/mol. The van der Waals surface area contributed by atoms with Crippen LogP contribution in [-0.2, 0) is 4.74 Å². The van der Waals surface area contributed by atoms with Gasteiger partial charge < -0.3 is 9.47 Å². The molecule has 23 heavy (non-hydrogen) atoms. The van der Waals surface area contributed by atoms with Gasteiger partial charge in [-0.05, 0) is 55.5 Å². The van der Waals surface area contributed by atoms with Crippen LogP contribution in [-0.4, -0.2) is 25.0 Å². The van der Waals surface area contributed by atoms with Gasteiger partial charge in [0.2, 0.25) is 0 Å². The minimum absolute atomic E-state index is 0.295. The average Bonchev–Trinajstić information content (AvgIpc) is 2.60. The molecule has 0 fully saturated rings. The summed E-state index contributed by atoms with van der Waals surface area (Å²) in [5, 5.41) is 8.70. The van der Waals surface area contributed by atoms with Crippen LogP contribution < -0.4 is 4.74 Å². The number of Topliss-reactive ketones (excluding diaryl/α,β-unsaturated/α-hetero) is 1. The summed E-state index contributed by atoms with van der Waals surface area (Å²) in [6.45, 7) is 2.09. The lowest BCUT2D eigenvalue weighted by atomic mass is 10.1. The molecule has 0 saturated carbocycles. The van der Waals surface area contributed by atoms with E-state index >= 15 is 0 Å². The highest BCUT2D eigenvalue weighted by atomic mass is 16.5. The zero-order valence-corrected chi connectivity index (χ0v) is 12.6. The summed E-state index contributed by atoms with van der Waals surface area (Å²) in [5.74, 6) is -0.220. The molecule has 0 aliphatic rings. The Morgan fingerprint density at radius 3 is 2.17 bits per heavy atom. The van der Waals surface area contributed by atoms with Crippen LogP contribution in [0.25, 0.3) is 0 Å². The molecule has 0 N–H and O–H groups in total. The van der Waals surface area contributed by atoms with Crippen molar-refractivity contribution in [2.24, 2.45) is 0 Å². The molecule has 2 aromatic rings. The van der Waals surface area contributed by atoms with E-state index in [4.69, 9.17) is 14.7 Å². The summed E-state index contributed by atoms with van der Waals surface area (Å²) >= 11 is 0. The smallest absolute Gasteiger partial charge is 0.338 e. The number of hydrogen-bond donors (Lipinski definition) is 0. The van der Waals surface area contributed by atoms with Crippen molar-refractivity contribution in [3.8, 4) is 11.8 Å². The van der Waals surface area contributed by atoms with Crippen molar-refractivity contribution in [3.05, 3.63) is 65.2 Å². The summed E-state index contributed by atoms with van der Waals surface area (Å²) in [4.78, 5) is 23.8. The fraction of sp³-hybridized carbons (Fsp3) is 0.167. The lowest BCUT2D eigenvalue weighted by Crippen LogP contribution is -2.14. The summed E-state index contributed by atoms with van der Waals surface area (Å²) < 4.78 is 10.3. The van der Waals surface area contributed by atoms with E-state index < -0.39 is 5.97 Å². The first kappa shape index (κ1) is 16.2. The first-order valence-electron chi connectivity index (χ1n) is 7.07. The van der Waals surface area contributed by atoms with Crippen molar-refractivity contribution in [3.63, 3.8) is 0 Å². The van der Waals surface area contributed by atoms with Gasteiger partial charge in [0.15, 0.2) is 12.4 Å². The van der Waals surface area contributed by atoms with E-state index in [0.717, 1.165) is 0 Å². The second kappa shape index (κ2) is 7.76. The minimum Gasteiger partial charge on any atom is -0.494 e. The van der Waals surface area contributed by atoms with E-state index in [2.05, 4.69) is 0 Å². The highest BCUT2D eigenvalue weighted by Gasteiger charge is 2.12. The van der Waals surface area contributed by atoms with Crippen LogP contribution in [0.15, 0.2) is 48.5 Å². The molecule has 0 atom stereocenters. The van der Waals surface area contributed by atoms with Crippen LogP contribution in [0, 0.1) is 11.3 Å². The summed E-state index contributed by atoms with van der Waals surface area (Å²) in [7, 11) is 0. The largest absolute Gasteiger partial charge is 0.494 e. The normalized spacial score (nSPS) is 9.74. The Labute approximate surface area is 134 Å². The molecule has 0 aliphatic carbocycles. The summed E-state index contributed by atoms with van der Waals surface area (Å²) in [6, 6.07) is 14.6. The molecule has 0 heterocycles. The first-order chi connectivity index (χ1) is 11.1. The van der Waals surface area contributed by atoms with Gasteiger partial charge in [0, 0.05) is 5.56 Å². The van der Waals surface area contributed by atoms with Crippen molar-refractivity contribution in [1.82, 2.24) is 0 Å². The van der Waals surface area contributed by atoms with Crippen molar-refractivity contribution in [1.29, 1.82) is 5.26 Å². The van der Waals surface area contributed by atoms with Crippen LogP contribution in [0.1, 0.15) is 33.2 Å². The third-order valence-electron chi connectivity index (χ3n) is 3.07. The highest BCUT2D eigenvalue weighted by molar-refractivity contribution is 5.99. The third kappa shape index (κ3) is 4.42. The molecule has 0 unspecified atom stereocenters. The van der Waals surface area contributed by atoms with Gasteiger partial charge in [-0.2, -0.15) is 5.26 Å². The molecule has 5 nitrogen and oxygen atoms in total. The van der Waals surface area contributed by atoms with Gasteiger partial charge in [0.05, 0.1) is 23.8 Å². The summed E-state index contributed by atoms with van der Waals surface area (Å²) in [6.07, 6.45) is 0. The van der Waals surface area contributed by atoms with Crippen LogP contribution in [0.4, 0.5) is 0 Å². The molecule has 0 saturated heterocycles. The molecule has 0 aromatic heterocycles. The van der Waals surface area contributed by atoms with Gasteiger partial charge in [-0.25, -0.2) is 4.79 Å². The standard InChI is InChI=1S/C18H15NO4/c1-2-22-16-9-7-14(8-10-16)17(20)12-23-18(21)15-5-3-13(11-19)4-6-15/h3-10H,2,12H2,1H3. The van der Waals surface area contributed by atoms with Crippen molar-refractivity contribution >= 4 is 11.8 Å². The number of carbonyl (C=O) groups is 2. The highest BCUT2D eigenvalue weighted by Crippen LogP contribution is 2.13. The third-order valence-corrected chi connectivity index (χ3v) is 3.07. The van der Waals surface area contributed by atoms with E-state index in [9.17, 15) is 9.59 Å². The van der Waals surface area contributed by atoms with Gasteiger partial charge in [-0.1, -0.05) is 0 Å². The van der Waals surface area contributed by atoms with Crippen molar-refractivity contribution in [2.45, 2.75) is 6.92 Å². The van der Waals surface area contributed by atoms with Crippen LogP contribution >= 0.6 is 0 Å². The second-order valence-electron chi connectivity index (χ2n) is 4.65. The van der Waals surface area contributed by atoms with Crippen molar-refractivity contribution in [2.75, 3.05) is 13.2 Å². The van der Waals surface area contributed by atoms with Gasteiger partial charge in [0.25, 0.3) is 0 Å². The van der Waals surface area contributed by atoms with E-state index in [-0.39, 0.29) is 12.4 Å². The fourth-order valence-corrected chi connectivity index (χ4v) is 1.88. The molecular weight excluding hydrogens is 294 g/mol. The van der Waals surface area contributed by atoms with Crippen LogP contribution in [0.3, 0.4) is 0 Å². The Bertz CT molecular complexity index is 727. The SMILES string of the molecule is CCOc1ccc(C(=O)COC(=O)c2ccc(C#N)cc2)cc1. The Hall–Kier alpha value is -3.13. The Morgan fingerprint density at radius 2 is 1.61 bits per heavy atom. The number of ether oxygens (including phenoxy) is 2. The maximum absolute atomic E-state index is 12.0. The number of benzene rings is 2. The molecule has 2 aromatic carbocycles. The maximum Gasteiger partial charge on any atom is 0.338 e. The molecule has 0 radical (unpaired) electrons. The van der Waals surface area contributed by atoms with E-state index in [1.54, 1.807) is 24.3 Å². The van der Waals surface area contributed by atoms with E-state index in [1.807, 2.05) is 13.0 Å². The Morgan fingerprint density at radius 1 is 1.00 bits per heavy atom. The molecule has 2 rings (SSSR count). The molecule has 0 aliphatic heterocycles. The van der Waals surface area contributed by atoms with Gasteiger partial charge in [0.1, 0.15) is 5.75 Å². The number of ketones is 1. The predicted octanol–water partition coefficient (Wildman–Crippen LogP) is 3.00. The molecular formula is C18H15NO4. The Kier molecular flexibility index (Phi) is 5.48. The van der Waals surface area contributed by atoms with Crippen molar-refractivity contribution < 1.29 is 19.1 Å². The summed E-state index contributed by atoms with van der Waals surface area (Å²) in [5.41, 5.74) is 1.19. The molecule has 5 heteroatoms. The van der Waals surface area contributed by atoms with Crippen LogP contribution in [0.5, 0.6) is 5.75 Å². The lowest BCUT2D eigenvalue weighted by molar-refractivity contribution is 0.0474. The zero-order valence-electron chi connectivity index (χ0n) is 12.6. The zero-order chi connectivity index (χ0) is 16.7. The number of nitrogens with zero attached hydrogens (tertiary/aromatic N) is 1.